The molecule has 0 amide bonds. The Morgan fingerprint density at radius 3 is 2.10 bits per heavy atom. The zero-order valence-electron chi connectivity index (χ0n) is 5.65. The van der Waals surface area contributed by atoms with Gasteiger partial charge in [0.2, 0.25) is 0 Å². The van der Waals surface area contributed by atoms with E-state index in [1.807, 2.05) is 0 Å². The van der Waals surface area contributed by atoms with Crippen LogP contribution < -0.4 is 0 Å². The minimum absolute atomic E-state index is 0.0521. The van der Waals surface area contributed by atoms with Gasteiger partial charge in [0.1, 0.15) is 0 Å². The van der Waals surface area contributed by atoms with Crippen LogP contribution in [0.4, 0.5) is 8.78 Å². The smallest absolute Gasteiger partial charge is 0.253 e. The lowest BCUT2D eigenvalue weighted by Crippen LogP contribution is -2.41. The highest BCUT2D eigenvalue weighted by Gasteiger charge is 2.47. The fraction of sp³-hybridized carbons (Fsp3) is 1.00. The third kappa shape index (κ3) is 1.29. The summed E-state index contributed by atoms with van der Waals surface area (Å²) in [6.45, 7) is 0. The topological polar surface area (TPSA) is 9.23 Å². The van der Waals surface area contributed by atoms with Crippen molar-refractivity contribution in [3.05, 3.63) is 0 Å². The fourth-order valence-corrected chi connectivity index (χ4v) is 1.18. The largest absolute Gasteiger partial charge is 0.375 e. The second-order valence-corrected chi connectivity index (χ2v) is 3.22. The van der Waals surface area contributed by atoms with Crippen molar-refractivity contribution in [2.45, 2.75) is 43.8 Å². The predicted octanol–water partition coefficient (Wildman–Crippen LogP) is 1.96. The maximum Gasteiger partial charge on any atom is 0.253 e. The Balaban J connectivity index is 1.69. The summed E-state index contributed by atoms with van der Waals surface area (Å²) in [7, 11) is 0. The molecule has 2 saturated carbocycles. The molecule has 2 fully saturated rings. The standard InChI is InChI=1S/C7H10F2O/c8-7(9)3-6(4-7)10-5-1-2-5/h5-6H,1-4H2. The molecule has 0 atom stereocenters. The Morgan fingerprint density at radius 2 is 1.70 bits per heavy atom. The molecule has 0 bridgehead atoms. The van der Waals surface area contributed by atoms with Crippen LogP contribution in [-0.2, 0) is 4.74 Å². The van der Waals surface area contributed by atoms with E-state index in [4.69, 9.17) is 4.74 Å². The van der Waals surface area contributed by atoms with Gasteiger partial charge in [-0.3, -0.25) is 0 Å². The van der Waals surface area contributed by atoms with Crippen LogP contribution in [0.2, 0.25) is 0 Å². The summed E-state index contributed by atoms with van der Waals surface area (Å²) < 4.78 is 29.6. The van der Waals surface area contributed by atoms with E-state index in [0.717, 1.165) is 12.8 Å². The summed E-state index contributed by atoms with van der Waals surface area (Å²) in [6, 6.07) is 0. The molecule has 2 rings (SSSR count). The average Bonchev–Trinajstić information content (AvgIpc) is 2.44. The molecule has 58 valence electrons. The lowest BCUT2D eigenvalue weighted by Gasteiger charge is -2.34. The van der Waals surface area contributed by atoms with E-state index < -0.39 is 5.92 Å². The SMILES string of the molecule is FC1(F)CC(OC2CC2)C1. The Bertz CT molecular complexity index is 132. The van der Waals surface area contributed by atoms with Crippen molar-refractivity contribution >= 4 is 0 Å². The minimum atomic E-state index is -2.42. The first-order valence-electron chi connectivity index (χ1n) is 3.69. The molecule has 10 heavy (non-hydrogen) atoms. The molecular formula is C7H10F2O. The Morgan fingerprint density at radius 1 is 1.10 bits per heavy atom. The molecule has 0 aromatic carbocycles. The van der Waals surface area contributed by atoms with E-state index in [9.17, 15) is 8.78 Å². The van der Waals surface area contributed by atoms with Crippen molar-refractivity contribution in [2.75, 3.05) is 0 Å². The van der Waals surface area contributed by atoms with Gasteiger partial charge in [0.15, 0.2) is 0 Å². The fourth-order valence-electron chi connectivity index (χ4n) is 1.18. The Labute approximate surface area is 58.4 Å². The second-order valence-electron chi connectivity index (χ2n) is 3.22. The first kappa shape index (κ1) is 6.53. The normalized spacial score (nSPS) is 31.8. The molecule has 0 aliphatic heterocycles. The Hall–Kier alpha value is -0.180. The van der Waals surface area contributed by atoms with Crippen LogP contribution in [0, 0.1) is 0 Å². The lowest BCUT2D eigenvalue weighted by atomic mass is 9.91. The van der Waals surface area contributed by atoms with E-state index in [-0.39, 0.29) is 18.9 Å². The third-order valence-electron chi connectivity index (χ3n) is 1.96. The number of ether oxygens (including phenoxy) is 1. The zero-order valence-corrected chi connectivity index (χ0v) is 5.65. The summed E-state index contributed by atoms with van der Waals surface area (Å²) in [4.78, 5) is 0. The van der Waals surface area contributed by atoms with E-state index in [0.29, 0.717) is 6.10 Å². The lowest BCUT2D eigenvalue weighted by molar-refractivity contribution is -0.169. The molecule has 2 aliphatic rings. The van der Waals surface area contributed by atoms with Crippen molar-refractivity contribution < 1.29 is 13.5 Å². The summed E-state index contributed by atoms with van der Waals surface area (Å²) in [6.07, 6.45) is 2.22. The molecule has 1 nitrogen and oxygen atoms in total. The monoisotopic (exact) mass is 148 g/mol. The molecule has 0 aromatic heterocycles. The van der Waals surface area contributed by atoms with Crippen LogP contribution in [0.25, 0.3) is 0 Å². The number of halogens is 2. The quantitative estimate of drug-likeness (QED) is 0.581. The first-order valence-corrected chi connectivity index (χ1v) is 3.69. The number of hydrogen-bond donors (Lipinski definition) is 0. The van der Waals surface area contributed by atoms with E-state index >= 15 is 0 Å². The second kappa shape index (κ2) is 1.91. The van der Waals surface area contributed by atoms with Gasteiger partial charge in [-0.1, -0.05) is 0 Å². The van der Waals surface area contributed by atoms with Gasteiger partial charge in [0.25, 0.3) is 5.92 Å². The van der Waals surface area contributed by atoms with Gasteiger partial charge in [-0.25, -0.2) is 8.78 Å². The van der Waals surface area contributed by atoms with Crippen LogP contribution in [0.1, 0.15) is 25.7 Å². The van der Waals surface area contributed by atoms with Crippen LogP contribution in [0.15, 0.2) is 0 Å². The van der Waals surface area contributed by atoms with Gasteiger partial charge in [-0.2, -0.15) is 0 Å². The van der Waals surface area contributed by atoms with E-state index in [1.54, 1.807) is 0 Å². The van der Waals surface area contributed by atoms with Crippen LogP contribution in [0.5, 0.6) is 0 Å². The van der Waals surface area contributed by atoms with E-state index in [1.165, 1.54) is 0 Å². The number of hydrogen-bond acceptors (Lipinski definition) is 1. The first-order chi connectivity index (χ1) is 4.66. The van der Waals surface area contributed by atoms with Gasteiger partial charge in [-0.15, -0.1) is 0 Å². The van der Waals surface area contributed by atoms with Gasteiger partial charge in [-0.05, 0) is 12.8 Å². The van der Waals surface area contributed by atoms with Gasteiger partial charge >= 0.3 is 0 Å². The van der Waals surface area contributed by atoms with Crippen molar-refractivity contribution in [1.29, 1.82) is 0 Å². The number of rotatable bonds is 2. The molecule has 0 aromatic rings. The third-order valence-corrected chi connectivity index (χ3v) is 1.96. The van der Waals surface area contributed by atoms with Crippen LogP contribution in [0.3, 0.4) is 0 Å². The summed E-state index contributed by atoms with van der Waals surface area (Å²) in [5.41, 5.74) is 0. The predicted molar refractivity (Wildman–Crippen MR) is 32.1 cm³/mol. The Kier molecular flexibility index (Phi) is 1.24. The molecule has 2 aliphatic carbocycles. The summed E-state index contributed by atoms with van der Waals surface area (Å²) in [5, 5.41) is 0. The zero-order chi connectivity index (χ0) is 7.19. The molecule has 0 spiro atoms. The molecule has 0 radical (unpaired) electrons. The van der Waals surface area contributed by atoms with Crippen molar-refractivity contribution in [3.63, 3.8) is 0 Å². The maximum atomic E-state index is 12.2. The molecule has 0 saturated heterocycles. The van der Waals surface area contributed by atoms with Gasteiger partial charge < -0.3 is 4.74 Å². The summed E-state index contributed by atoms with van der Waals surface area (Å²) >= 11 is 0. The average molecular weight is 148 g/mol. The number of alkyl halides is 2. The van der Waals surface area contributed by atoms with Gasteiger partial charge in [0, 0.05) is 12.8 Å². The van der Waals surface area contributed by atoms with E-state index in [2.05, 4.69) is 0 Å². The van der Waals surface area contributed by atoms with Crippen molar-refractivity contribution in [1.82, 2.24) is 0 Å². The highest BCUT2D eigenvalue weighted by molar-refractivity contribution is 4.89. The maximum absolute atomic E-state index is 12.2. The minimum Gasteiger partial charge on any atom is -0.375 e. The van der Waals surface area contributed by atoms with Crippen LogP contribution >= 0.6 is 0 Å². The highest BCUT2D eigenvalue weighted by atomic mass is 19.3. The molecule has 0 N–H and O–H groups in total. The van der Waals surface area contributed by atoms with Crippen LogP contribution in [-0.4, -0.2) is 18.1 Å². The van der Waals surface area contributed by atoms with Crippen molar-refractivity contribution in [2.24, 2.45) is 0 Å². The molecular weight excluding hydrogens is 138 g/mol. The summed E-state index contributed by atoms with van der Waals surface area (Å²) in [5.74, 6) is -2.42. The molecule has 0 unspecified atom stereocenters. The van der Waals surface area contributed by atoms with Gasteiger partial charge in [0.05, 0.1) is 12.2 Å². The molecule has 3 heteroatoms. The van der Waals surface area contributed by atoms with Crippen molar-refractivity contribution in [3.8, 4) is 0 Å². The molecule has 0 heterocycles. The highest BCUT2D eigenvalue weighted by Crippen LogP contribution is 2.42.